The summed E-state index contributed by atoms with van der Waals surface area (Å²) in [6.07, 6.45) is -1.43. The molecular weight excluding hydrogens is 357 g/mol. The second kappa shape index (κ2) is 8.71. The lowest BCUT2D eigenvalue weighted by Gasteiger charge is -2.32. The van der Waals surface area contributed by atoms with Crippen LogP contribution in [0.15, 0.2) is 12.3 Å². The second-order valence-corrected chi connectivity index (χ2v) is 6.54. The number of anilines is 1. The molecule has 9 heteroatoms. The van der Waals surface area contributed by atoms with E-state index in [0.717, 1.165) is 44.7 Å². The van der Waals surface area contributed by atoms with Crippen molar-refractivity contribution in [1.82, 2.24) is 15.2 Å². The van der Waals surface area contributed by atoms with Gasteiger partial charge in [0, 0.05) is 32.3 Å². The van der Waals surface area contributed by atoms with Crippen LogP contribution in [0.3, 0.4) is 0 Å². The maximum absolute atomic E-state index is 12.6. The largest absolute Gasteiger partial charge is 0.417 e. The number of rotatable bonds is 6. The topological polar surface area (TPSA) is 57.3 Å². The Balaban J connectivity index is 1.83. The Hall–Kier alpha value is -1.54. The van der Waals surface area contributed by atoms with E-state index in [4.69, 9.17) is 11.6 Å². The van der Waals surface area contributed by atoms with Crippen molar-refractivity contribution in [2.75, 3.05) is 38.5 Å². The molecule has 1 aliphatic heterocycles. The van der Waals surface area contributed by atoms with Gasteiger partial charge in [-0.25, -0.2) is 4.98 Å². The highest BCUT2D eigenvalue weighted by atomic mass is 35.5. The third-order valence-electron chi connectivity index (χ3n) is 4.16. The first kappa shape index (κ1) is 19.8. The predicted molar refractivity (Wildman–Crippen MR) is 90.6 cm³/mol. The van der Waals surface area contributed by atoms with Gasteiger partial charge in [-0.1, -0.05) is 11.6 Å². The molecule has 2 heterocycles. The number of likely N-dealkylation sites (tertiary alicyclic amines) is 1. The first-order valence-corrected chi connectivity index (χ1v) is 8.58. The van der Waals surface area contributed by atoms with Gasteiger partial charge < -0.3 is 15.5 Å². The van der Waals surface area contributed by atoms with Crippen LogP contribution in [0.25, 0.3) is 0 Å². The molecule has 0 spiro atoms. The van der Waals surface area contributed by atoms with Crippen LogP contribution >= 0.6 is 11.6 Å². The number of pyridine rings is 1. The van der Waals surface area contributed by atoms with Crippen LogP contribution in [0.5, 0.6) is 0 Å². The average Bonchev–Trinajstić information content (AvgIpc) is 2.56. The molecule has 0 aromatic carbocycles. The van der Waals surface area contributed by atoms with E-state index in [2.05, 4.69) is 15.6 Å². The lowest BCUT2D eigenvalue weighted by Crippen LogP contribution is -2.42. The molecule has 5 nitrogen and oxygen atoms in total. The van der Waals surface area contributed by atoms with E-state index in [9.17, 15) is 18.0 Å². The van der Waals surface area contributed by atoms with Gasteiger partial charge in [-0.15, -0.1) is 0 Å². The molecule has 1 saturated heterocycles. The zero-order valence-electron chi connectivity index (χ0n) is 14.0. The Bertz CT molecular complexity index is 595. The minimum atomic E-state index is -4.48. The van der Waals surface area contributed by atoms with Gasteiger partial charge in [-0.3, -0.25) is 4.79 Å². The fourth-order valence-electron chi connectivity index (χ4n) is 2.92. The van der Waals surface area contributed by atoms with Gasteiger partial charge in [0.2, 0.25) is 5.91 Å². The van der Waals surface area contributed by atoms with Crippen molar-refractivity contribution in [3.8, 4) is 0 Å². The van der Waals surface area contributed by atoms with Crippen LogP contribution in [0.4, 0.5) is 19.0 Å². The van der Waals surface area contributed by atoms with E-state index in [0.29, 0.717) is 5.92 Å². The molecule has 140 valence electrons. The van der Waals surface area contributed by atoms with Crippen LogP contribution < -0.4 is 10.6 Å². The van der Waals surface area contributed by atoms with Crippen molar-refractivity contribution in [3.63, 3.8) is 0 Å². The normalized spacial score (nSPS) is 18.3. The third kappa shape index (κ3) is 5.74. The summed E-state index contributed by atoms with van der Waals surface area (Å²) in [5, 5.41) is 5.84. The molecule has 0 radical (unpaired) electrons. The number of piperidine rings is 1. The summed E-state index contributed by atoms with van der Waals surface area (Å²) < 4.78 is 37.7. The van der Waals surface area contributed by atoms with E-state index in [1.807, 2.05) is 11.9 Å². The quantitative estimate of drug-likeness (QED) is 0.799. The maximum Gasteiger partial charge on any atom is 0.417 e. The van der Waals surface area contributed by atoms with Crippen LogP contribution in [-0.4, -0.2) is 49.0 Å². The number of halogens is 4. The smallest absolute Gasteiger partial charge is 0.368 e. The van der Waals surface area contributed by atoms with E-state index < -0.39 is 11.7 Å². The molecule has 2 rings (SSSR count). The molecule has 25 heavy (non-hydrogen) atoms. The molecule has 0 saturated carbocycles. The Labute approximate surface area is 149 Å². The monoisotopic (exact) mass is 378 g/mol. The fourth-order valence-corrected chi connectivity index (χ4v) is 3.15. The molecule has 0 bridgehead atoms. The number of amides is 1. The highest BCUT2D eigenvalue weighted by molar-refractivity contribution is 6.32. The number of carbonyl (C=O) groups is 1. The molecule has 1 aromatic heterocycles. The van der Waals surface area contributed by atoms with Crippen LogP contribution in [-0.2, 0) is 11.0 Å². The number of carbonyl (C=O) groups excluding carboxylic acids is 1. The fraction of sp³-hybridized carbons (Fsp3) is 0.625. The maximum atomic E-state index is 12.6. The summed E-state index contributed by atoms with van der Waals surface area (Å²) in [4.78, 5) is 17.8. The van der Waals surface area contributed by atoms with Crippen molar-refractivity contribution in [2.24, 2.45) is 5.92 Å². The minimum absolute atomic E-state index is 0.0244. The summed E-state index contributed by atoms with van der Waals surface area (Å²) >= 11 is 5.83. The lowest BCUT2D eigenvalue weighted by atomic mass is 9.98. The van der Waals surface area contributed by atoms with Crippen LogP contribution in [0.2, 0.25) is 5.02 Å². The zero-order chi connectivity index (χ0) is 18.4. The van der Waals surface area contributed by atoms with Gasteiger partial charge >= 0.3 is 6.18 Å². The van der Waals surface area contributed by atoms with Gasteiger partial charge in [0.15, 0.2) is 0 Å². The third-order valence-corrected chi connectivity index (χ3v) is 4.45. The summed E-state index contributed by atoms with van der Waals surface area (Å²) in [6, 6.07) is 0.825. The molecule has 0 unspecified atom stereocenters. The van der Waals surface area contributed by atoms with Crippen LogP contribution in [0, 0.1) is 5.92 Å². The van der Waals surface area contributed by atoms with Gasteiger partial charge in [0.05, 0.1) is 10.6 Å². The molecule has 0 aliphatic carbocycles. The summed E-state index contributed by atoms with van der Waals surface area (Å²) in [6.45, 7) is 2.63. The molecular formula is C16H22ClF3N4O. The standard InChI is InChI=1S/C16H22ClF3N4O/c1-21-8-11-3-2-6-24(10-11)14(25)4-5-22-15-13(17)7-12(9-23-15)16(18,19)20/h7,9,11,21H,2-6,8,10H2,1H3,(H,22,23)/t11-/m1/s1. The molecule has 2 N–H and O–H groups in total. The first-order valence-electron chi connectivity index (χ1n) is 8.20. The summed E-state index contributed by atoms with van der Waals surface area (Å²) in [5.41, 5.74) is -0.900. The van der Waals surface area contributed by atoms with Crippen molar-refractivity contribution in [1.29, 1.82) is 0 Å². The average molecular weight is 379 g/mol. The number of nitrogens with zero attached hydrogens (tertiary/aromatic N) is 2. The molecule has 1 aliphatic rings. The molecule has 1 amide bonds. The highest BCUT2D eigenvalue weighted by Crippen LogP contribution is 2.32. The Morgan fingerprint density at radius 1 is 1.48 bits per heavy atom. The predicted octanol–water partition coefficient (Wildman–Crippen LogP) is 3.01. The van der Waals surface area contributed by atoms with E-state index in [1.54, 1.807) is 0 Å². The Morgan fingerprint density at radius 2 is 2.24 bits per heavy atom. The first-order chi connectivity index (χ1) is 11.8. The number of aromatic nitrogens is 1. The SMILES string of the molecule is CNC[C@H]1CCCN(C(=O)CCNc2ncc(C(F)(F)F)cc2Cl)C1. The number of hydrogen-bond acceptors (Lipinski definition) is 4. The van der Waals surface area contributed by atoms with E-state index in [1.165, 1.54) is 0 Å². The molecule has 1 fully saturated rings. The second-order valence-electron chi connectivity index (χ2n) is 6.13. The van der Waals surface area contributed by atoms with Crippen molar-refractivity contribution in [3.05, 3.63) is 22.8 Å². The van der Waals surface area contributed by atoms with Gasteiger partial charge in [-0.2, -0.15) is 13.2 Å². The Kier molecular flexibility index (Phi) is 6.89. The number of hydrogen-bond donors (Lipinski definition) is 2. The summed E-state index contributed by atoms with van der Waals surface area (Å²) in [5.74, 6) is 0.632. The number of alkyl halides is 3. The molecule has 1 atom stereocenters. The van der Waals surface area contributed by atoms with E-state index >= 15 is 0 Å². The van der Waals surface area contributed by atoms with Crippen molar-refractivity contribution >= 4 is 23.3 Å². The minimum Gasteiger partial charge on any atom is -0.368 e. The van der Waals surface area contributed by atoms with Crippen LogP contribution in [0.1, 0.15) is 24.8 Å². The molecule has 1 aromatic rings. The van der Waals surface area contributed by atoms with Gasteiger partial charge in [-0.05, 0) is 38.4 Å². The van der Waals surface area contributed by atoms with Gasteiger partial charge in [0.1, 0.15) is 5.82 Å². The summed E-state index contributed by atoms with van der Waals surface area (Å²) in [7, 11) is 1.89. The van der Waals surface area contributed by atoms with E-state index in [-0.39, 0.29) is 29.7 Å². The Morgan fingerprint density at radius 3 is 2.88 bits per heavy atom. The van der Waals surface area contributed by atoms with Crippen molar-refractivity contribution < 1.29 is 18.0 Å². The lowest BCUT2D eigenvalue weighted by molar-refractivity contribution is -0.137. The number of nitrogens with one attached hydrogen (secondary N) is 2. The van der Waals surface area contributed by atoms with Gasteiger partial charge in [0.25, 0.3) is 0 Å². The van der Waals surface area contributed by atoms with Crippen molar-refractivity contribution in [2.45, 2.75) is 25.4 Å². The zero-order valence-corrected chi connectivity index (χ0v) is 14.8. The highest BCUT2D eigenvalue weighted by Gasteiger charge is 2.31.